The number of hydrogen-bond acceptors (Lipinski definition) is 9. The maximum absolute atomic E-state index is 14.0. The highest BCUT2D eigenvalue weighted by molar-refractivity contribution is 6.07. The summed E-state index contributed by atoms with van der Waals surface area (Å²) in [5.41, 5.74) is 4.50. The van der Waals surface area contributed by atoms with Crippen molar-refractivity contribution in [2.45, 2.75) is 26.4 Å². The summed E-state index contributed by atoms with van der Waals surface area (Å²) in [7, 11) is 5.65. The zero-order valence-electron chi connectivity index (χ0n) is 25.4. The van der Waals surface area contributed by atoms with E-state index in [1.165, 1.54) is 57.3 Å². The lowest BCUT2D eigenvalue weighted by molar-refractivity contribution is 0.0483. The molecule has 2 amide bonds. The fourth-order valence-corrected chi connectivity index (χ4v) is 4.65. The van der Waals surface area contributed by atoms with E-state index in [4.69, 9.17) is 23.7 Å². The Hall–Kier alpha value is -5.52. The smallest absolute Gasteiger partial charge is 0.426 e. The molecule has 44 heavy (non-hydrogen) atoms. The summed E-state index contributed by atoms with van der Waals surface area (Å²) in [4.78, 5) is 52.0. The van der Waals surface area contributed by atoms with Crippen LogP contribution in [0.2, 0.25) is 0 Å². The Labute approximate surface area is 253 Å². The molecule has 0 fully saturated rings. The van der Waals surface area contributed by atoms with E-state index in [2.05, 4.69) is 10.9 Å². The molecular formula is C32H33N3O9. The minimum atomic E-state index is -0.827. The highest BCUT2D eigenvalue weighted by Gasteiger charge is 2.27. The average Bonchev–Trinajstić information content (AvgIpc) is 3.01. The van der Waals surface area contributed by atoms with Crippen molar-refractivity contribution < 1.29 is 38.1 Å². The van der Waals surface area contributed by atoms with Gasteiger partial charge in [-0.05, 0) is 74.2 Å². The maximum Gasteiger partial charge on any atom is 0.426 e. The van der Waals surface area contributed by atoms with Crippen molar-refractivity contribution in [1.29, 1.82) is 0 Å². The van der Waals surface area contributed by atoms with E-state index in [0.717, 1.165) is 0 Å². The van der Waals surface area contributed by atoms with Crippen molar-refractivity contribution in [3.05, 3.63) is 82.3 Å². The molecule has 0 bridgehead atoms. The molecule has 1 aromatic heterocycles. The first-order valence-corrected chi connectivity index (χ1v) is 13.4. The van der Waals surface area contributed by atoms with E-state index in [0.29, 0.717) is 39.1 Å². The largest absolute Gasteiger partial charge is 0.493 e. The standard InChI is InChI=1S/C32H33N3O9/c1-32(2,3)44-31(39)34-33-28(36)18-12-14-20(15-13-18)35-26(30(38)43-7)25(21-10-8-9-11-22(21)29(35)37)19-16-23(40-4)27(42-6)24(17-19)41-5/h8-17H,1-7H3,(H,33,36)(H,34,39). The minimum Gasteiger partial charge on any atom is -0.493 e. The van der Waals surface area contributed by atoms with E-state index < -0.39 is 29.1 Å². The highest BCUT2D eigenvalue weighted by Crippen LogP contribution is 2.43. The van der Waals surface area contributed by atoms with Gasteiger partial charge >= 0.3 is 12.1 Å². The molecule has 0 atom stereocenters. The Morgan fingerprint density at radius 1 is 0.773 bits per heavy atom. The fraction of sp³-hybridized carbons (Fsp3) is 0.250. The topological polar surface area (TPSA) is 143 Å². The fourth-order valence-electron chi connectivity index (χ4n) is 4.65. The summed E-state index contributed by atoms with van der Waals surface area (Å²) < 4.78 is 28.1. The van der Waals surface area contributed by atoms with Crippen LogP contribution in [0.5, 0.6) is 17.2 Å². The van der Waals surface area contributed by atoms with Crippen LogP contribution in [0.1, 0.15) is 41.6 Å². The van der Waals surface area contributed by atoms with Crippen LogP contribution in [-0.4, -0.2) is 56.6 Å². The molecule has 230 valence electrons. The van der Waals surface area contributed by atoms with Crippen LogP contribution in [0.25, 0.3) is 27.6 Å². The number of rotatable bonds is 7. The highest BCUT2D eigenvalue weighted by atomic mass is 16.6. The third kappa shape index (κ3) is 6.28. The van der Waals surface area contributed by atoms with E-state index in [-0.39, 0.29) is 16.9 Å². The SMILES string of the molecule is COC(=O)c1c(-c2cc(OC)c(OC)c(OC)c2)c2ccccc2c(=O)n1-c1ccc(C(=O)NNC(=O)OC(C)(C)C)cc1. The number of fused-ring (bicyclic) bond motifs is 1. The molecule has 3 aromatic carbocycles. The number of aromatic nitrogens is 1. The molecule has 0 aliphatic heterocycles. The molecule has 2 N–H and O–H groups in total. The average molecular weight is 604 g/mol. The first-order chi connectivity index (χ1) is 20.9. The van der Waals surface area contributed by atoms with E-state index in [1.807, 2.05) is 0 Å². The van der Waals surface area contributed by atoms with Gasteiger partial charge in [-0.1, -0.05) is 18.2 Å². The molecule has 0 spiro atoms. The summed E-state index contributed by atoms with van der Waals surface area (Å²) in [6.45, 7) is 5.08. The Balaban J connectivity index is 1.90. The Morgan fingerprint density at radius 3 is 1.89 bits per heavy atom. The lowest BCUT2D eigenvalue weighted by atomic mass is 9.95. The third-order valence-electron chi connectivity index (χ3n) is 6.49. The van der Waals surface area contributed by atoms with Crippen molar-refractivity contribution in [3.63, 3.8) is 0 Å². The minimum absolute atomic E-state index is 0.0609. The third-order valence-corrected chi connectivity index (χ3v) is 6.49. The maximum atomic E-state index is 14.0. The van der Waals surface area contributed by atoms with Crippen molar-refractivity contribution >= 4 is 28.7 Å². The van der Waals surface area contributed by atoms with Gasteiger partial charge in [0.15, 0.2) is 11.5 Å². The van der Waals surface area contributed by atoms with E-state index in [1.54, 1.807) is 57.2 Å². The lowest BCUT2D eigenvalue weighted by Crippen LogP contribution is -2.44. The number of nitrogens with one attached hydrogen (secondary N) is 2. The monoisotopic (exact) mass is 603 g/mol. The molecule has 0 saturated heterocycles. The van der Waals surface area contributed by atoms with Gasteiger partial charge in [0.1, 0.15) is 11.3 Å². The molecule has 4 rings (SSSR count). The molecule has 0 radical (unpaired) electrons. The Kier molecular flexibility index (Phi) is 9.12. The summed E-state index contributed by atoms with van der Waals surface area (Å²) in [6.07, 6.45) is -0.827. The van der Waals surface area contributed by atoms with Crippen LogP contribution in [0, 0.1) is 0 Å². The van der Waals surface area contributed by atoms with Gasteiger partial charge in [-0.25, -0.2) is 15.0 Å². The Morgan fingerprint density at radius 2 is 1.36 bits per heavy atom. The van der Waals surface area contributed by atoms with Crippen LogP contribution in [0.15, 0.2) is 65.5 Å². The van der Waals surface area contributed by atoms with Gasteiger partial charge in [-0.3, -0.25) is 19.6 Å². The number of pyridine rings is 1. The van der Waals surface area contributed by atoms with Gasteiger partial charge in [0.2, 0.25) is 5.75 Å². The van der Waals surface area contributed by atoms with Crippen LogP contribution in [-0.2, 0) is 9.47 Å². The predicted molar refractivity (Wildman–Crippen MR) is 163 cm³/mol. The number of esters is 1. The molecule has 0 unspecified atom stereocenters. The van der Waals surface area contributed by atoms with Crippen LogP contribution in [0.4, 0.5) is 4.79 Å². The van der Waals surface area contributed by atoms with Crippen molar-refractivity contribution in [2.75, 3.05) is 28.4 Å². The molecule has 12 nitrogen and oxygen atoms in total. The van der Waals surface area contributed by atoms with Gasteiger partial charge in [-0.15, -0.1) is 0 Å². The van der Waals surface area contributed by atoms with Gasteiger partial charge in [-0.2, -0.15) is 0 Å². The lowest BCUT2D eigenvalue weighted by Gasteiger charge is -2.21. The van der Waals surface area contributed by atoms with E-state index >= 15 is 0 Å². The van der Waals surface area contributed by atoms with Gasteiger partial charge < -0.3 is 23.7 Å². The van der Waals surface area contributed by atoms with Crippen LogP contribution in [0.3, 0.4) is 0 Å². The summed E-state index contributed by atoms with van der Waals surface area (Å²) in [5.74, 6) is -0.365. The quantitative estimate of drug-likeness (QED) is 0.228. The van der Waals surface area contributed by atoms with Crippen molar-refractivity contribution in [1.82, 2.24) is 15.4 Å². The normalized spacial score (nSPS) is 11.0. The zero-order chi connectivity index (χ0) is 32.2. The molecule has 0 aliphatic carbocycles. The van der Waals surface area contributed by atoms with Crippen molar-refractivity contribution in [3.8, 4) is 34.1 Å². The Bertz CT molecular complexity index is 1760. The second kappa shape index (κ2) is 12.8. The first kappa shape index (κ1) is 31.4. The summed E-state index contributed by atoms with van der Waals surface area (Å²) >= 11 is 0. The van der Waals surface area contributed by atoms with Crippen molar-refractivity contribution in [2.24, 2.45) is 0 Å². The molecule has 0 saturated carbocycles. The molecule has 12 heteroatoms. The van der Waals surface area contributed by atoms with Crippen LogP contribution < -0.4 is 30.6 Å². The molecular weight excluding hydrogens is 570 g/mol. The second-order valence-electron chi connectivity index (χ2n) is 10.4. The van der Waals surface area contributed by atoms with E-state index in [9.17, 15) is 19.2 Å². The van der Waals surface area contributed by atoms with Gasteiger partial charge in [0.05, 0.1) is 28.4 Å². The van der Waals surface area contributed by atoms with Gasteiger partial charge in [0, 0.05) is 22.2 Å². The summed E-state index contributed by atoms with van der Waals surface area (Å²) in [6, 6.07) is 16.1. The number of nitrogens with zero attached hydrogens (tertiary/aromatic N) is 1. The number of methoxy groups -OCH3 is 4. The molecule has 0 aliphatic rings. The number of hydrazine groups is 1. The number of ether oxygens (including phenoxy) is 5. The summed E-state index contributed by atoms with van der Waals surface area (Å²) in [5, 5.41) is 0.819. The number of amides is 2. The first-order valence-electron chi connectivity index (χ1n) is 13.4. The second-order valence-corrected chi connectivity index (χ2v) is 10.4. The molecule has 4 aromatic rings. The zero-order valence-corrected chi connectivity index (χ0v) is 25.4. The van der Waals surface area contributed by atoms with Gasteiger partial charge in [0.25, 0.3) is 11.5 Å². The number of hydrogen-bond donors (Lipinski definition) is 2. The molecule has 1 heterocycles. The number of benzene rings is 3. The number of carbonyl (C=O) groups excluding carboxylic acids is 3. The number of carbonyl (C=O) groups is 3. The predicted octanol–water partition coefficient (Wildman–Crippen LogP) is 4.64. The van der Waals surface area contributed by atoms with Crippen LogP contribution >= 0.6 is 0 Å².